The molecule has 3 rings (SSSR count). The fourth-order valence-corrected chi connectivity index (χ4v) is 3.19. The topological polar surface area (TPSA) is 109 Å². The Balaban J connectivity index is 2.02. The van der Waals surface area contributed by atoms with E-state index in [4.69, 9.17) is 14.6 Å². The Hall–Kier alpha value is -3.23. The molecule has 0 aliphatic carbocycles. The third kappa shape index (κ3) is 4.28. The van der Waals surface area contributed by atoms with Crippen LogP contribution in [0.3, 0.4) is 0 Å². The van der Waals surface area contributed by atoms with Gasteiger partial charge in [-0.05, 0) is 36.4 Å². The highest BCUT2D eigenvalue weighted by Crippen LogP contribution is 2.38. The van der Waals surface area contributed by atoms with Crippen molar-refractivity contribution in [1.29, 1.82) is 0 Å². The summed E-state index contributed by atoms with van der Waals surface area (Å²) in [5, 5.41) is 19.7. The van der Waals surface area contributed by atoms with Crippen molar-refractivity contribution in [2.24, 2.45) is 0 Å². The normalized spacial score (nSPS) is 18.3. The molecule has 0 bridgehead atoms. The van der Waals surface area contributed by atoms with E-state index in [1.807, 2.05) is 0 Å². The van der Waals surface area contributed by atoms with Crippen LogP contribution in [0.5, 0.6) is 5.75 Å². The molecule has 1 amide bonds. The third-order valence-corrected chi connectivity index (χ3v) is 4.58. The first-order valence-electron chi connectivity index (χ1n) is 9.11. The summed E-state index contributed by atoms with van der Waals surface area (Å²) in [5.41, 5.74) is 0.825. The maximum Gasteiger partial charge on any atom is 0.295 e. The van der Waals surface area contributed by atoms with E-state index in [9.17, 15) is 14.7 Å². The van der Waals surface area contributed by atoms with E-state index in [0.29, 0.717) is 17.0 Å². The fourth-order valence-electron chi connectivity index (χ4n) is 3.19. The molecule has 0 spiro atoms. The zero-order chi connectivity index (χ0) is 20.8. The summed E-state index contributed by atoms with van der Waals surface area (Å²) in [6, 6.07) is 10.9. The molecule has 8 heteroatoms. The lowest BCUT2D eigenvalue weighted by Gasteiger charge is -2.24. The molecule has 0 saturated carbocycles. The Morgan fingerprint density at radius 3 is 2.52 bits per heavy atom. The van der Waals surface area contributed by atoms with Crippen LogP contribution in [0.25, 0.3) is 5.76 Å². The number of methoxy groups -OCH3 is 1. The van der Waals surface area contributed by atoms with Gasteiger partial charge in [-0.3, -0.25) is 14.6 Å². The molecule has 2 heterocycles. The number of rotatable bonds is 8. The Morgan fingerprint density at radius 1 is 1.14 bits per heavy atom. The first kappa shape index (κ1) is 20.5. The molecule has 1 aliphatic heterocycles. The number of benzene rings is 1. The van der Waals surface area contributed by atoms with Gasteiger partial charge in [0.2, 0.25) is 0 Å². The van der Waals surface area contributed by atoms with Crippen LogP contribution in [0.1, 0.15) is 17.3 Å². The van der Waals surface area contributed by atoms with Gasteiger partial charge >= 0.3 is 0 Å². The number of hydrogen-bond acceptors (Lipinski definition) is 7. The molecule has 0 radical (unpaired) electrons. The molecule has 152 valence electrons. The minimum Gasteiger partial charge on any atom is -0.507 e. The number of carbonyl (C=O) groups excluding carboxylic acids is 2. The number of aromatic nitrogens is 1. The average Bonchev–Trinajstić information content (AvgIpc) is 3.01. The van der Waals surface area contributed by atoms with Gasteiger partial charge in [-0.1, -0.05) is 6.07 Å². The van der Waals surface area contributed by atoms with Gasteiger partial charge in [-0.25, -0.2) is 0 Å². The standard InChI is InChI=1S/C21H22N2O6/c1-28-15-7-5-14(6-8-15)19(25)17-18(16-4-2-3-9-22-16)23(21(27)20(17)26)10-12-29-13-11-24/h2-9,18,24-25H,10-13H2,1H3. The second-order valence-electron chi connectivity index (χ2n) is 6.31. The highest BCUT2D eigenvalue weighted by atomic mass is 16.5. The molecule has 1 fully saturated rings. The van der Waals surface area contributed by atoms with Gasteiger partial charge in [0.05, 0.1) is 38.2 Å². The molecule has 1 aromatic heterocycles. The van der Waals surface area contributed by atoms with Crippen LogP contribution in [0.2, 0.25) is 0 Å². The zero-order valence-corrected chi connectivity index (χ0v) is 15.9. The number of amides is 1. The molecule has 8 nitrogen and oxygen atoms in total. The predicted molar refractivity (Wildman–Crippen MR) is 104 cm³/mol. The maximum absolute atomic E-state index is 12.8. The Bertz CT molecular complexity index is 895. The second-order valence-corrected chi connectivity index (χ2v) is 6.31. The SMILES string of the molecule is COc1ccc(C(O)=C2C(=O)C(=O)N(CCOCCO)C2c2ccccn2)cc1. The predicted octanol–water partition coefficient (Wildman–Crippen LogP) is 1.52. The van der Waals surface area contributed by atoms with Crippen LogP contribution in [-0.2, 0) is 14.3 Å². The summed E-state index contributed by atoms with van der Waals surface area (Å²) in [6.45, 7) is 0.245. The van der Waals surface area contributed by atoms with E-state index in [1.54, 1.807) is 48.7 Å². The Labute approximate surface area is 168 Å². The summed E-state index contributed by atoms with van der Waals surface area (Å²) in [7, 11) is 1.53. The van der Waals surface area contributed by atoms with E-state index in [1.165, 1.54) is 12.0 Å². The van der Waals surface area contributed by atoms with Gasteiger partial charge in [0.25, 0.3) is 11.7 Å². The van der Waals surface area contributed by atoms with Crippen molar-refractivity contribution in [2.75, 3.05) is 33.5 Å². The van der Waals surface area contributed by atoms with Crippen LogP contribution >= 0.6 is 0 Å². The van der Waals surface area contributed by atoms with Gasteiger partial charge < -0.3 is 24.6 Å². The summed E-state index contributed by atoms with van der Waals surface area (Å²) >= 11 is 0. The van der Waals surface area contributed by atoms with Gasteiger partial charge in [0.15, 0.2) is 0 Å². The number of ether oxygens (including phenoxy) is 2. The molecule has 1 atom stereocenters. The molecule has 1 unspecified atom stereocenters. The number of hydrogen-bond donors (Lipinski definition) is 2. The molecule has 1 aliphatic rings. The van der Waals surface area contributed by atoms with Crippen LogP contribution in [0, 0.1) is 0 Å². The fraction of sp³-hybridized carbons (Fsp3) is 0.286. The molecule has 29 heavy (non-hydrogen) atoms. The smallest absolute Gasteiger partial charge is 0.295 e. The monoisotopic (exact) mass is 398 g/mol. The molecule has 2 N–H and O–H groups in total. The van der Waals surface area contributed by atoms with Crippen LogP contribution < -0.4 is 4.74 Å². The molecule has 2 aromatic rings. The van der Waals surface area contributed by atoms with Crippen LogP contribution in [0.4, 0.5) is 0 Å². The quantitative estimate of drug-likeness (QED) is 0.300. The van der Waals surface area contributed by atoms with E-state index in [2.05, 4.69) is 4.98 Å². The summed E-state index contributed by atoms with van der Waals surface area (Å²) in [5.74, 6) is -1.19. The van der Waals surface area contributed by atoms with Crippen molar-refractivity contribution in [3.05, 3.63) is 65.5 Å². The number of aliphatic hydroxyl groups excluding tert-OH is 2. The number of aliphatic hydroxyl groups is 2. The number of Topliss-reactive ketones (excluding diaryl/α,β-unsaturated/α-hetero) is 1. The molecule has 1 saturated heterocycles. The number of pyridine rings is 1. The average molecular weight is 398 g/mol. The lowest BCUT2D eigenvalue weighted by atomic mass is 9.98. The van der Waals surface area contributed by atoms with E-state index >= 15 is 0 Å². The van der Waals surface area contributed by atoms with Gasteiger partial charge in [-0.2, -0.15) is 0 Å². The van der Waals surface area contributed by atoms with E-state index < -0.39 is 17.7 Å². The van der Waals surface area contributed by atoms with Crippen molar-refractivity contribution in [3.8, 4) is 5.75 Å². The lowest BCUT2D eigenvalue weighted by molar-refractivity contribution is -0.140. The van der Waals surface area contributed by atoms with Crippen molar-refractivity contribution >= 4 is 17.4 Å². The lowest BCUT2D eigenvalue weighted by Crippen LogP contribution is -2.33. The summed E-state index contributed by atoms with van der Waals surface area (Å²) in [4.78, 5) is 31.1. The van der Waals surface area contributed by atoms with Gasteiger partial charge in [0, 0.05) is 18.3 Å². The zero-order valence-electron chi connectivity index (χ0n) is 15.9. The second kappa shape index (κ2) is 9.31. The molecular weight excluding hydrogens is 376 g/mol. The highest BCUT2D eigenvalue weighted by molar-refractivity contribution is 6.46. The van der Waals surface area contributed by atoms with Crippen molar-refractivity contribution in [2.45, 2.75) is 6.04 Å². The minimum atomic E-state index is -0.837. The molecular formula is C21H22N2O6. The Morgan fingerprint density at radius 2 is 1.90 bits per heavy atom. The summed E-state index contributed by atoms with van der Waals surface area (Å²) in [6.07, 6.45) is 1.56. The van der Waals surface area contributed by atoms with Gasteiger partial charge in [-0.15, -0.1) is 0 Å². The van der Waals surface area contributed by atoms with Crippen molar-refractivity contribution < 1.29 is 29.3 Å². The Kier molecular flexibility index (Phi) is 6.58. The molecule has 1 aromatic carbocycles. The largest absolute Gasteiger partial charge is 0.507 e. The van der Waals surface area contributed by atoms with Gasteiger partial charge in [0.1, 0.15) is 17.6 Å². The van der Waals surface area contributed by atoms with Crippen LogP contribution in [-0.4, -0.2) is 65.3 Å². The van der Waals surface area contributed by atoms with Crippen molar-refractivity contribution in [1.82, 2.24) is 9.88 Å². The first-order valence-corrected chi connectivity index (χ1v) is 9.11. The number of carbonyl (C=O) groups is 2. The highest BCUT2D eigenvalue weighted by Gasteiger charge is 2.46. The summed E-state index contributed by atoms with van der Waals surface area (Å²) < 4.78 is 10.4. The van der Waals surface area contributed by atoms with Crippen LogP contribution in [0.15, 0.2) is 54.2 Å². The maximum atomic E-state index is 12.8. The third-order valence-electron chi connectivity index (χ3n) is 4.58. The number of nitrogens with zero attached hydrogens (tertiary/aromatic N) is 2. The minimum absolute atomic E-state index is 0.0268. The number of likely N-dealkylation sites (tertiary alicyclic amines) is 1. The van der Waals surface area contributed by atoms with E-state index in [0.717, 1.165) is 0 Å². The number of ketones is 1. The van der Waals surface area contributed by atoms with Crippen molar-refractivity contribution in [3.63, 3.8) is 0 Å². The first-order chi connectivity index (χ1) is 14.1. The van der Waals surface area contributed by atoms with E-state index in [-0.39, 0.29) is 37.7 Å².